The number of methoxy groups -OCH3 is 1. The minimum atomic E-state index is -4.73. The van der Waals surface area contributed by atoms with E-state index < -0.39 is 35.5 Å². The first-order chi connectivity index (χ1) is 17.3. The van der Waals surface area contributed by atoms with Crippen LogP contribution in [0.1, 0.15) is 32.6 Å². The number of ether oxygens (including phenoxy) is 1. The summed E-state index contributed by atoms with van der Waals surface area (Å²) in [6, 6.07) is 11.1. The molecule has 0 fully saturated rings. The van der Waals surface area contributed by atoms with Gasteiger partial charge in [-0.15, -0.1) is 0 Å². The van der Waals surface area contributed by atoms with Crippen molar-refractivity contribution in [3.05, 3.63) is 88.5 Å². The SMILES string of the molecule is COC(=O)N[C@H]1Cc2ccc(NC(=O)c3cc(C(F)(F)F)ccc3-c3ccc(C(F)(F)F)cc3)cc2C1. The van der Waals surface area contributed by atoms with E-state index in [-0.39, 0.29) is 22.7 Å². The second kappa shape index (κ2) is 9.79. The van der Waals surface area contributed by atoms with Crippen molar-refractivity contribution in [1.29, 1.82) is 0 Å². The zero-order valence-corrected chi connectivity index (χ0v) is 19.3. The van der Waals surface area contributed by atoms with Gasteiger partial charge in [-0.2, -0.15) is 26.3 Å². The number of fused-ring (bicyclic) bond motifs is 1. The van der Waals surface area contributed by atoms with Gasteiger partial charge >= 0.3 is 18.4 Å². The van der Waals surface area contributed by atoms with Crippen molar-refractivity contribution in [3.63, 3.8) is 0 Å². The standard InChI is InChI=1S/C26H20F6N2O3/c1-37-24(36)34-20-10-15-4-8-19(11-16(15)12-20)33-23(35)22-13-18(26(30,31)32)7-9-21(22)14-2-5-17(6-3-14)25(27,28)29/h2-9,11,13,20H,10,12H2,1H3,(H,33,35)(H,34,36)/t20-/m0/s1. The Bertz CT molecular complexity index is 1330. The number of amides is 2. The molecule has 194 valence electrons. The van der Waals surface area contributed by atoms with Gasteiger partial charge in [-0.3, -0.25) is 4.79 Å². The third-order valence-corrected chi connectivity index (χ3v) is 6.02. The van der Waals surface area contributed by atoms with Gasteiger partial charge in [0, 0.05) is 17.3 Å². The molecular weight excluding hydrogens is 502 g/mol. The molecular formula is C26H20F6N2O3. The summed E-state index contributed by atoms with van der Waals surface area (Å²) in [4.78, 5) is 24.6. The van der Waals surface area contributed by atoms with Crippen molar-refractivity contribution in [1.82, 2.24) is 5.32 Å². The number of carbonyl (C=O) groups excluding carboxylic acids is 2. The third kappa shape index (κ3) is 5.87. The molecule has 2 N–H and O–H groups in total. The monoisotopic (exact) mass is 522 g/mol. The van der Waals surface area contributed by atoms with E-state index in [4.69, 9.17) is 0 Å². The van der Waals surface area contributed by atoms with Gasteiger partial charge in [0.05, 0.1) is 18.2 Å². The maximum Gasteiger partial charge on any atom is 0.416 e. The molecule has 1 aliphatic rings. The van der Waals surface area contributed by atoms with Crippen molar-refractivity contribution < 1.29 is 40.7 Å². The van der Waals surface area contributed by atoms with Crippen LogP contribution < -0.4 is 10.6 Å². The van der Waals surface area contributed by atoms with Crippen LogP contribution >= 0.6 is 0 Å². The Morgan fingerprint density at radius 3 is 2.05 bits per heavy atom. The van der Waals surface area contributed by atoms with Crippen LogP contribution in [0, 0.1) is 0 Å². The number of hydrogen-bond donors (Lipinski definition) is 2. The predicted octanol–water partition coefficient (Wildman–Crippen LogP) is 6.47. The Labute approximate surface area is 207 Å². The Morgan fingerprint density at radius 1 is 0.811 bits per heavy atom. The topological polar surface area (TPSA) is 67.4 Å². The minimum Gasteiger partial charge on any atom is -0.453 e. The molecule has 4 rings (SSSR count). The van der Waals surface area contributed by atoms with Crippen LogP contribution in [0.3, 0.4) is 0 Å². The molecule has 0 bridgehead atoms. The van der Waals surface area contributed by atoms with E-state index in [1.165, 1.54) is 7.11 Å². The zero-order valence-electron chi connectivity index (χ0n) is 19.3. The highest BCUT2D eigenvalue weighted by atomic mass is 19.4. The average molecular weight is 522 g/mol. The molecule has 0 unspecified atom stereocenters. The number of rotatable bonds is 4. The van der Waals surface area contributed by atoms with E-state index in [1.807, 2.05) is 0 Å². The molecule has 0 aliphatic heterocycles. The molecule has 0 heterocycles. The second-order valence-electron chi connectivity index (χ2n) is 8.51. The second-order valence-corrected chi connectivity index (χ2v) is 8.51. The Hall–Kier alpha value is -4.02. The van der Waals surface area contributed by atoms with Crippen molar-refractivity contribution in [2.45, 2.75) is 31.2 Å². The lowest BCUT2D eigenvalue weighted by molar-refractivity contribution is -0.138. The summed E-state index contributed by atoms with van der Waals surface area (Å²) in [6.45, 7) is 0. The third-order valence-electron chi connectivity index (χ3n) is 6.02. The lowest BCUT2D eigenvalue weighted by Gasteiger charge is -2.15. The van der Waals surface area contributed by atoms with Gasteiger partial charge in [0.25, 0.3) is 5.91 Å². The molecule has 37 heavy (non-hydrogen) atoms. The first kappa shape index (κ1) is 26.1. The highest BCUT2D eigenvalue weighted by Gasteiger charge is 2.33. The highest BCUT2D eigenvalue weighted by Crippen LogP contribution is 2.36. The fraction of sp³-hybridized carbons (Fsp3) is 0.231. The highest BCUT2D eigenvalue weighted by molar-refractivity contribution is 6.09. The van der Waals surface area contributed by atoms with E-state index >= 15 is 0 Å². The molecule has 0 saturated carbocycles. The Morgan fingerprint density at radius 2 is 1.43 bits per heavy atom. The van der Waals surface area contributed by atoms with Crippen LogP contribution in [0.15, 0.2) is 60.7 Å². The first-order valence-electron chi connectivity index (χ1n) is 11.0. The summed E-state index contributed by atoms with van der Waals surface area (Å²) in [7, 11) is 1.25. The number of hydrogen-bond acceptors (Lipinski definition) is 3. The molecule has 1 aliphatic carbocycles. The van der Waals surface area contributed by atoms with Crippen molar-refractivity contribution >= 4 is 17.7 Å². The fourth-order valence-electron chi connectivity index (χ4n) is 4.22. The van der Waals surface area contributed by atoms with E-state index in [2.05, 4.69) is 15.4 Å². The van der Waals surface area contributed by atoms with Gasteiger partial charge < -0.3 is 15.4 Å². The number of alkyl carbamates (subject to hydrolysis) is 1. The molecule has 0 saturated heterocycles. The summed E-state index contributed by atoms with van der Waals surface area (Å²) in [6.07, 6.45) is -8.88. The maximum atomic E-state index is 13.4. The molecule has 11 heteroatoms. The number of alkyl halides is 6. The summed E-state index contributed by atoms with van der Waals surface area (Å²) >= 11 is 0. The number of carbonyl (C=O) groups is 2. The van der Waals surface area contributed by atoms with Gasteiger partial charge in [-0.1, -0.05) is 24.3 Å². The lowest BCUT2D eigenvalue weighted by Crippen LogP contribution is -2.35. The van der Waals surface area contributed by atoms with Crippen molar-refractivity contribution in [2.24, 2.45) is 0 Å². The number of benzene rings is 3. The average Bonchev–Trinajstić information content (AvgIpc) is 3.24. The smallest absolute Gasteiger partial charge is 0.416 e. The first-order valence-corrected chi connectivity index (χ1v) is 11.0. The Balaban J connectivity index is 1.63. The molecule has 3 aromatic carbocycles. The molecule has 1 atom stereocenters. The summed E-state index contributed by atoms with van der Waals surface area (Å²) < 4.78 is 83.6. The Kier molecular flexibility index (Phi) is 6.90. The largest absolute Gasteiger partial charge is 0.453 e. The lowest BCUT2D eigenvalue weighted by atomic mass is 9.95. The molecule has 0 aromatic heterocycles. The van der Waals surface area contributed by atoms with E-state index in [9.17, 15) is 35.9 Å². The van der Waals surface area contributed by atoms with Crippen LogP contribution in [0.4, 0.5) is 36.8 Å². The van der Waals surface area contributed by atoms with Crippen molar-refractivity contribution in [3.8, 4) is 11.1 Å². The molecule has 0 radical (unpaired) electrons. The number of nitrogens with one attached hydrogen (secondary N) is 2. The quantitative estimate of drug-likeness (QED) is 0.386. The van der Waals surface area contributed by atoms with Crippen LogP contribution in [-0.4, -0.2) is 25.2 Å². The molecule has 0 spiro atoms. The molecule has 2 amide bonds. The normalized spacial score (nSPS) is 15.2. The molecule has 3 aromatic rings. The van der Waals surface area contributed by atoms with Gasteiger partial charge in [0.2, 0.25) is 0 Å². The summed E-state index contributed by atoms with van der Waals surface area (Å²) in [5, 5.41) is 5.28. The maximum absolute atomic E-state index is 13.4. The van der Waals surface area contributed by atoms with E-state index in [0.717, 1.165) is 47.5 Å². The number of anilines is 1. The van der Waals surface area contributed by atoms with Crippen LogP contribution in [0.2, 0.25) is 0 Å². The van der Waals surface area contributed by atoms with Gasteiger partial charge in [-0.25, -0.2) is 4.79 Å². The van der Waals surface area contributed by atoms with E-state index in [1.54, 1.807) is 18.2 Å². The minimum absolute atomic E-state index is 0.0442. The van der Waals surface area contributed by atoms with Crippen LogP contribution in [0.25, 0.3) is 11.1 Å². The van der Waals surface area contributed by atoms with Gasteiger partial charge in [-0.05, 0) is 71.5 Å². The van der Waals surface area contributed by atoms with Crippen molar-refractivity contribution in [2.75, 3.05) is 12.4 Å². The van der Waals surface area contributed by atoms with Gasteiger partial charge in [0.15, 0.2) is 0 Å². The van der Waals surface area contributed by atoms with E-state index in [0.29, 0.717) is 24.6 Å². The van der Waals surface area contributed by atoms with Crippen LogP contribution in [-0.2, 0) is 29.9 Å². The molecule has 5 nitrogen and oxygen atoms in total. The van der Waals surface area contributed by atoms with Crippen LogP contribution in [0.5, 0.6) is 0 Å². The zero-order chi connectivity index (χ0) is 27.0. The number of halogens is 6. The summed E-state index contributed by atoms with van der Waals surface area (Å²) in [5.41, 5.74) is -0.0553. The van der Waals surface area contributed by atoms with Gasteiger partial charge in [0.1, 0.15) is 0 Å². The summed E-state index contributed by atoms with van der Waals surface area (Å²) in [5.74, 6) is -0.858. The predicted molar refractivity (Wildman–Crippen MR) is 123 cm³/mol. The fourth-order valence-corrected chi connectivity index (χ4v) is 4.22.